The zero-order valence-electron chi connectivity index (χ0n) is 12.5. The molecule has 0 unspecified atom stereocenters. The van der Waals surface area contributed by atoms with Crippen LogP contribution in [0.15, 0.2) is 0 Å². The van der Waals surface area contributed by atoms with Crippen LogP contribution >= 0.6 is 0 Å². The number of nitrogens with one attached hydrogen (secondary N) is 1. The minimum atomic E-state index is -1.28. The second kappa shape index (κ2) is 7.99. The summed E-state index contributed by atoms with van der Waals surface area (Å²) in [5.74, 6) is -1.06. The van der Waals surface area contributed by atoms with Crippen molar-refractivity contribution in [2.75, 3.05) is 20.3 Å². The average molecular weight is 274 g/mol. The zero-order valence-corrected chi connectivity index (χ0v) is 12.5. The van der Waals surface area contributed by atoms with Crippen molar-refractivity contribution in [3.8, 4) is 0 Å². The fourth-order valence-electron chi connectivity index (χ4n) is 1.76. The minimum absolute atomic E-state index is 0.0831. The van der Waals surface area contributed by atoms with Gasteiger partial charge in [-0.25, -0.2) is 9.59 Å². The number of aliphatic carboxylic acids is 1. The molecule has 0 atom stereocenters. The standard InChI is InChI=1S/C13H26N2O4/c1-6-10(7-2)15(8-9-19-5)12(18)14-13(3,4)11(16)17/h10H,6-9H2,1-5H3,(H,14,18)(H,16,17). The quantitative estimate of drug-likeness (QED) is 0.706. The van der Waals surface area contributed by atoms with Crippen LogP contribution in [0.2, 0.25) is 0 Å². The Balaban J connectivity index is 4.84. The van der Waals surface area contributed by atoms with Crippen LogP contribution in [0.25, 0.3) is 0 Å². The molecule has 0 aromatic heterocycles. The second-order valence-electron chi connectivity index (χ2n) is 5.02. The molecule has 2 N–H and O–H groups in total. The van der Waals surface area contributed by atoms with Crippen LogP contribution in [-0.2, 0) is 9.53 Å². The Hall–Kier alpha value is -1.30. The molecule has 2 amide bonds. The van der Waals surface area contributed by atoms with Gasteiger partial charge in [-0.05, 0) is 26.7 Å². The molecule has 19 heavy (non-hydrogen) atoms. The number of methoxy groups -OCH3 is 1. The smallest absolute Gasteiger partial charge is 0.328 e. The fraction of sp³-hybridized carbons (Fsp3) is 0.846. The van der Waals surface area contributed by atoms with E-state index >= 15 is 0 Å². The number of nitrogens with zero attached hydrogens (tertiary/aromatic N) is 1. The first kappa shape index (κ1) is 17.7. The number of carbonyl (C=O) groups is 2. The van der Waals surface area contributed by atoms with Crippen LogP contribution in [0.5, 0.6) is 0 Å². The summed E-state index contributed by atoms with van der Waals surface area (Å²) in [6.45, 7) is 7.82. The van der Waals surface area contributed by atoms with Gasteiger partial charge in [-0.15, -0.1) is 0 Å². The summed E-state index contributed by atoms with van der Waals surface area (Å²) in [5.41, 5.74) is -1.28. The number of carboxylic acids is 1. The molecule has 112 valence electrons. The molecule has 0 saturated heterocycles. The van der Waals surface area contributed by atoms with Gasteiger partial charge in [0, 0.05) is 19.7 Å². The molecular weight excluding hydrogens is 248 g/mol. The van der Waals surface area contributed by atoms with Crippen molar-refractivity contribution in [1.82, 2.24) is 10.2 Å². The van der Waals surface area contributed by atoms with Gasteiger partial charge in [0.2, 0.25) is 0 Å². The van der Waals surface area contributed by atoms with E-state index in [9.17, 15) is 9.59 Å². The minimum Gasteiger partial charge on any atom is -0.480 e. The molecule has 0 spiro atoms. The van der Waals surface area contributed by atoms with Gasteiger partial charge in [0.25, 0.3) is 0 Å². The molecule has 0 rings (SSSR count). The Bertz CT molecular complexity index is 301. The van der Waals surface area contributed by atoms with Crippen molar-refractivity contribution in [3.63, 3.8) is 0 Å². The predicted molar refractivity (Wildman–Crippen MR) is 73.2 cm³/mol. The fourth-order valence-corrected chi connectivity index (χ4v) is 1.76. The normalized spacial score (nSPS) is 11.5. The Morgan fingerprint density at radius 2 is 1.84 bits per heavy atom. The number of rotatable bonds is 8. The highest BCUT2D eigenvalue weighted by molar-refractivity contribution is 5.85. The number of ether oxygens (including phenoxy) is 1. The molecule has 0 aliphatic heterocycles. The third-order valence-corrected chi connectivity index (χ3v) is 3.13. The van der Waals surface area contributed by atoms with Crippen molar-refractivity contribution in [3.05, 3.63) is 0 Å². The summed E-state index contributed by atoms with van der Waals surface area (Å²) in [6.07, 6.45) is 1.64. The summed E-state index contributed by atoms with van der Waals surface area (Å²) in [7, 11) is 1.57. The molecule has 0 aromatic rings. The van der Waals surface area contributed by atoms with E-state index in [4.69, 9.17) is 9.84 Å². The summed E-state index contributed by atoms with van der Waals surface area (Å²) in [6, 6.07) is -0.280. The highest BCUT2D eigenvalue weighted by Crippen LogP contribution is 2.11. The van der Waals surface area contributed by atoms with Crippen LogP contribution in [0.3, 0.4) is 0 Å². The summed E-state index contributed by atoms with van der Waals surface area (Å²) in [5, 5.41) is 11.6. The summed E-state index contributed by atoms with van der Waals surface area (Å²) >= 11 is 0. The number of urea groups is 1. The van der Waals surface area contributed by atoms with Crippen molar-refractivity contribution >= 4 is 12.0 Å². The maximum absolute atomic E-state index is 12.2. The van der Waals surface area contributed by atoms with Crippen LogP contribution in [0.4, 0.5) is 4.79 Å². The van der Waals surface area contributed by atoms with Crippen LogP contribution in [0, 0.1) is 0 Å². The Kier molecular flexibility index (Phi) is 7.44. The number of hydrogen-bond donors (Lipinski definition) is 2. The molecule has 0 aliphatic carbocycles. The number of carboxylic acid groups (broad SMARTS) is 1. The molecule has 6 heteroatoms. The van der Waals surface area contributed by atoms with Gasteiger partial charge >= 0.3 is 12.0 Å². The van der Waals surface area contributed by atoms with E-state index in [1.807, 2.05) is 13.8 Å². The highest BCUT2D eigenvalue weighted by Gasteiger charge is 2.32. The lowest BCUT2D eigenvalue weighted by Crippen LogP contribution is -2.56. The SMILES string of the molecule is CCC(CC)N(CCOC)C(=O)NC(C)(C)C(=O)O. The van der Waals surface area contributed by atoms with E-state index in [0.717, 1.165) is 12.8 Å². The first-order valence-corrected chi connectivity index (χ1v) is 6.61. The monoisotopic (exact) mass is 274 g/mol. The van der Waals surface area contributed by atoms with Crippen molar-refractivity contribution < 1.29 is 19.4 Å². The third-order valence-electron chi connectivity index (χ3n) is 3.13. The average Bonchev–Trinajstić information content (AvgIpc) is 2.33. The van der Waals surface area contributed by atoms with Gasteiger partial charge in [-0.2, -0.15) is 0 Å². The van der Waals surface area contributed by atoms with Crippen molar-refractivity contribution in [2.24, 2.45) is 0 Å². The summed E-state index contributed by atoms with van der Waals surface area (Å²) < 4.78 is 5.00. The van der Waals surface area contributed by atoms with Gasteiger partial charge in [0.1, 0.15) is 5.54 Å². The molecule has 0 aromatic carbocycles. The zero-order chi connectivity index (χ0) is 15.1. The summed E-state index contributed by atoms with van der Waals surface area (Å²) in [4.78, 5) is 24.9. The molecule has 0 heterocycles. The van der Waals surface area contributed by atoms with Crippen LogP contribution in [-0.4, -0.2) is 53.8 Å². The van der Waals surface area contributed by atoms with E-state index in [1.165, 1.54) is 13.8 Å². The van der Waals surface area contributed by atoms with E-state index < -0.39 is 11.5 Å². The molecule has 0 aliphatic rings. The van der Waals surface area contributed by atoms with Gasteiger partial charge in [0.05, 0.1) is 6.61 Å². The maximum atomic E-state index is 12.2. The first-order valence-electron chi connectivity index (χ1n) is 6.61. The number of hydrogen-bond acceptors (Lipinski definition) is 3. The predicted octanol–water partition coefficient (Wildman–Crippen LogP) is 1.70. The Morgan fingerprint density at radius 3 is 2.21 bits per heavy atom. The molecule has 0 fully saturated rings. The Morgan fingerprint density at radius 1 is 1.32 bits per heavy atom. The lowest BCUT2D eigenvalue weighted by atomic mass is 10.1. The maximum Gasteiger partial charge on any atom is 0.328 e. The number of amides is 2. The lowest BCUT2D eigenvalue weighted by Gasteiger charge is -2.33. The largest absolute Gasteiger partial charge is 0.480 e. The van der Waals surface area contributed by atoms with Gasteiger partial charge < -0.3 is 20.1 Å². The molecular formula is C13H26N2O4. The number of carbonyl (C=O) groups excluding carboxylic acids is 1. The third kappa shape index (κ3) is 5.46. The van der Waals surface area contributed by atoms with Crippen LogP contribution in [0.1, 0.15) is 40.5 Å². The van der Waals surface area contributed by atoms with Gasteiger partial charge in [0.15, 0.2) is 0 Å². The van der Waals surface area contributed by atoms with Crippen LogP contribution < -0.4 is 5.32 Å². The van der Waals surface area contributed by atoms with Gasteiger partial charge in [-0.1, -0.05) is 13.8 Å². The van der Waals surface area contributed by atoms with Gasteiger partial charge in [-0.3, -0.25) is 0 Å². The lowest BCUT2D eigenvalue weighted by molar-refractivity contribution is -0.143. The van der Waals surface area contributed by atoms with Crippen molar-refractivity contribution in [2.45, 2.75) is 52.1 Å². The van der Waals surface area contributed by atoms with Crippen molar-refractivity contribution in [1.29, 1.82) is 0 Å². The Labute approximate surface area is 115 Å². The second-order valence-corrected chi connectivity index (χ2v) is 5.02. The first-order chi connectivity index (χ1) is 8.80. The molecule has 0 saturated carbocycles. The van der Waals surface area contributed by atoms with E-state index in [2.05, 4.69) is 5.32 Å². The van der Waals surface area contributed by atoms with E-state index in [-0.39, 0.29) is 12.1 Å². The highest BCUT2D eigenvalue weighted by atomic mass is 16.5. The topological polar surface area (TPSA) is 78.9 Å². The molecule has 0 bridgehead atoms. The molecule has 0 radical (unpaired) electrons. The van der Waals surface area contributed by atoms with E-state index in [1.54, 1.807) is 12.0 Å². The van der Waals surface area contributed by atoms with E-state index in [0.29, 0.717) is 13.2 Å². The molecule has 6 nitrogen and oxygen atoms in total.